The second kappa shape index (κ2) is 2.48. The first kappa shape index (κ1) is 7.81. The summed E-state index contributed by atoms with van der Waals surface area (Å²) >= 11 is 0. The van der Waals surface area contributed by atoms with Gasteiger partial charge in [-0.05, 0) is 36.1 Å². The number of rotatable bonds is 0. The van der Waals surface area contributed by atoms with E-state index in [-0.39, 0.29) is 0 Å². The molecule has 0 radical (unpaired) electrons. The third-order valence-electron chi connectivity index (χ3n) is 2.93. The Morgan fingerprint density at radius 1 is 0.571 bits per heavy atom. The second-order valence-corrected chi connectivity index (χ2v) is 4.10. The highest BCUT2D eigenvalue weighted by Crippen LogP contribution is 2.47. The Labute approximate surface area is 84.2 Å². The summed E-state index contributed by atoms with van der Waals surface area (Å²) in [6, 6.07) is 13.4. The first-order valence-corrected chi connectivity index (χ1v) is 4.98. The van der Waals surface area contributed by atoms with E-state index in [0.29, 0.717) is 0 Å². The molecule has 1 aliphatic carbocycles. The Morgan fingerprint density at radius 2 is 1.00 bits per heavy atom. The lowest BCUT2D eigenvalue weighted by Crippen LogP contribution is -1.99. The number of aryl methyl sites for hydroxylation is 2. The van der Waals surface area contributed by atoms with Gasteiger partial charge in [0.05, 0.1) is 0 Å². The molecule has 0 atom stereocenters. The van der Waals surface area contributed by atoms with Crippen LogP contribution in [0.5, 0.6) is 0 Å². The van der Waals surface area contributed by atoms with Gasteiger partial charge in [0.25, 0.3) is 0 Å². The van der Waals surface area contributed by atoms with Crippen molar-refractivity contribution in [3.63, 3.8) is 0 Å². The van der Waals surface area contributed by atoms with Crippen LogP contribution in [0.4, 0.5) is 0 Å². The van der Waals surface area contributed by atoms with Gasteiger partial charge in [-0.1, -0.05) is 47.5 Å². The van der Waals surface area contributed by atoms with E-state index in [0.717, 1.165) is 0 Å². The van der Waals surface area contributed by atoms with Gasteiger partial charge in [0.15, 0.2) is 0 Å². The van der Waals surface area contributed by atoms with Crippen LogP contribution in [-0.2, 0) is 0 Å². The van der Waals surface area contributed by atoms with Crippen molar-refractivity contribution in [1.82, 2.24) is 0 Å². The molecule has 2 aromatic carbocycles. The summed E-state index contributed by atoms with van der Waals surface area (Å²) in [5.74, 6) is 0. The SMILES string of the molecule is Cc1ccc2c(c1)-c1cc(C)ccc1-2. The van der Waals surface area contributed by atoms with Gasteiger partial charge < -0.3 is 0 Å². The normalized spacial score (nSPS) is 11.6. The molecule has 0 saturated heterocycles. The van der Waals surface area contributed by atoms with Crippen molar-refractivity contribution in [1.29, 1.82) is 0 Å². The Morgan fingerprint density at radius 3 is 1.43 bits per heavy atom. The van der Waals surface area contributed by atoms with Crippen LogP contribution in [0.15, 0.2) is 36.4 Å². The summed E-state index contributed by atoms with van der Waals surface area (Å²) in [6.45, 7) is 4.29. The Balaban J connectivity index is 2.26. The van der Waals surface area contributed by atoms with Gasteiger partial charge in [0.1, 0.15) is 0 Å². The molecule has 3 rings (SSSR count). The van der Waals surface area contributed by atoms with Crippen molar-refractivity contribution in [3.8, 4) is 22.3 Å². The first-order valence-electron chi connectivity index (χ1n) is 4.98. The zero-order chi connectivity index (χ0) is 9.71. The van der Waals surface area contributed by atoms with Gasteiger partial charge >= 0.3 is 0 Å². The van der Waals surface area contributed by atoms with Crippen molar-refractivity contribution in [2.75, 3.05) is 0 Å². The lowest BCUT2D eigenvalue weighted by atomic mass is 9.79. The predicted molar refractivity (Wildman–Crippen MR) is 60.3 cm³/mol. The van der Waals surface area contributed by atoms with Crippen LogP contribution >= 0.6 is 0 Å². The first-order chi connectivity index (χ1) is 6.75. The molecular weight excluding hydrogens is 168 g/mol. The summed E-state index contributed by atoms with van der Waals surface area (Å²) in [6.07, 6.45) is 0. The lowest BCUT2D eigenvalue weighted by Gasteiger charge is -2.24. The molecule has 0 saturated carbocycles. The summed E-state index contributed by atoms with van der Waals surface area (Å²) in [5.41, 5.74) is 8.34. The summed E-state index contributed by atoms with van der Waals surface area (Å²) in [4.78, 5) is 0. The van der Waals surface area contributed by atoms with Gasteiger partial charge in [-0.2, -0.15) is 0 Å². The van der Waals surface area contributed by atoms with Crippen molar-refractivity contribution in [2.45, 2.75) is 13.8 Å². The van der Waals surface area contributed by atoms with E-state index in [2.05, 4.69) is 50.2 Å². The van der Waals surface area contributed by atoms with Crippen LogP contribution in [0.2, 0.25) is 0 Å². The minimum absolute atomic E-state index is 1.34. The average molecular weight is 180 g/mol. The minimum atomic E-state index is 1.34. The molecule has 1 aliphatic rings. The molecule has 0 unspecified atom stereocenters. The fraction of sp³-hybridized carbons (Fsp3) is 0.143. The molecule has 14 heavy (non-hydrogen) atoms. The highest BCUT2D eigenvalue weighted by Gasteiger charge is 2.21. The van der Waals surface area contributed by atoms with Crippen molar-refractivity contribution >= 4 is 0 Å². The fourth-order valence-electron chi connectivity index (χ4n) is 2.17. The van der Waals surface area contributed by atoms with Gasteiger partial charge in [-0.3, -0.25) is 0 Å². The largest absolute Gasteiger partial charge is 0.0587 e. The molecule has 0 nitrogen and oxygen atoms in total. The maximum Gasteiger partial charge on any atom is -0.00962 e. The van der Waals surface area contributed by atoms with Gasteiger partial charge in [0.2, 0.25) is 0 Å². The number of fused-ring (bicyclic) bond motifs is 4. The molecule has 0 spiro atoms. The molecule has 2 aromatic rings. The number of benzene rings is 2. The van der Waals surface area contributed by atoms with Crippen LogP contribution in [-0.4, -0.2) is 0 Å². The predicted octanol–water partition coefficient (Wildman–Crippen LogP) is 3.95. The highest BCUT2D eigenvalue weighted by molar-refractivity contribution is 6.02. The fourth-order valence-corrected chi connectivity index (χ4v) is 2.17. The maximum atomic E-state index is 2.27. The third-order valence-corrected chi connectivity index (χ3v) is 2.93. The topological polar surface area (TPSA) is 0 Å². The quantitative estimate of drug-likeness (QED) is 0.491. The van der Waals surface area contributed by atoms with Crippen LogP contribution in [0.1, 0.15) is 11.1 Å². The Hall–Kier alpha value is -1.56. The Bertz CT molecular complexity index is 472. The second-order valence-electron chi connectivity index (χ2n) is 4.10. The van der Waals surface area contributed by atoms with Crippen LogP contribution in [0.3, 0.4) is 0 Å². The van der Waals surface area contributed by atoms with E-state index in [1.54, 1.807) is 0 Å². The standard InChI is InChI=1S/C14H12/c1-9-3-5-11-12-6-4-10(2)8-14(12)13(11)7-9/h3-8H,1-2H3. The van der Waals surface area contributed by atoms with Crippen molar-refractivity contribution in [3.05, 3.63) is 47.5 Å². The van der Waals surface area contributed by atoms with Crippen LogP contribution in [0, 0.1) is 13.8 Å². The van der Waals surface area contributed by atoms with E-state index >= 15 is 0 Å². The van der Waals surface area contributed by atoms with Gasteiger partial charge in [0, 0.05) is 0 Å². The zero-order valence-electron chi connectivity index (χ0n) is 8.46. The van der Waals surface area contributed by atoms with Gasteiger partial charge in [-0.15, -0.1) is 0 Å². The maximum absolute atomic E-state index is 2.27. The number of hydrogen-bond acceptors (Lipinski definition) is 0. The molecule has 0 N–H and O–H groups in total. The van der Waals surface area contributed by atoms with Gasteiger partial charge in [-0.25, -0.2) is 0 Å². The molecule has 0 heterocycles. The van der Waals surface area contributed by atoms with E-state index < -0.39 is 0 Å². The Kier molecular flexibility index (Phi) is 1.38. The van der Waals surface area contributed by atoms with E-state index in [1.807, 2.05) is 0 Å². The van der Waals surface area contributed by atoms with Crippen molar-refractivity contribution in [2.24, 2.45) is 0 Å². The smallest absolute Gasteiger partial charge is 0.00962 e. The summed E-state index contributed by atoms with van der Waals surface area (Å²) in [5, 5.41) is 0. The zero-order valence-corrected chi connectivity index (χ0v) is 8.46. The van der Waals surface area contributed by atoms with E-state index in [1.165, 1.54) is 33.4 Å². The third kappa shape index (κ3) is 0.884. The van der Waals surface area contributed by atoms with Crippen molar-refractivity contribution < 1.29 is 0 Å². The van der Waals surface area contributed by atoms with Crippen LogP contribution < -0.4 is 0 Å². The molecule has 68 valence electrons. The van der Waals surface area contributed by atoms with Crippen LogP contribution in [0.25, 0.3) is 22.3 Å². The van der Waals surface area contributed by atoms with E-state index in [4.69, 9.17) is 0 Å². The van der Waals surface area contributed by atoms with E-state index in [9.17, 15) is 0 Å². The highest BCUT2D eigenvalue weighted by atomic mass is 14.2. The molecule has 0 aliphatic heterocycles. The molecule has 0 amide bonds. The lowest BCUT2D eigenvalue weighted by molar-refractivity contribution is 1.40. The molecule has 0 aromatic heterocycles. The summed E-state index contributed by atoms with van der Waals surface area (Å²) < 4.78 is 0. The number of hydrogen-bond donors (Lipinski definition) is 0. The molecule has 0 heteroatoms. The molecule has 0 bridgehead atoms. The minimum Gasteiger partial charge on any atom is -0.0587 e. The molecular formula is C14H12. The molecule has 0 fully saturated rings. The summed E-state index contributed by atoms with van der Waals surface area (Å²) in [7, 11) is 0. The average Bonchev–Trinajstić information content (AvgIpc) is 2.17. The monoisotopic (exact) mass is 180 g/mol.